The maximum atomic E-state index is 14.0. The molecule has 0 bridgehead atoms. The molecule has 0 aliphatic heterocycles. The summed E-state index contributed by atoms with van der Waals surface area (Å²) in [5, 5.41) is 0.188. The quantitative estimate of drug-likeness (QED) is 0.887. The van der Waals surface area contributed by atoms with Gasteiger partial charge < -0.3 is 10.5 Å². The molecular weight excluding hydrogens is 348 g/mol. The zero-order valence-corrected chi connectivity index (χ0v) is 13.7. The smallest absolute Gasteiger partial charge is 0.178 e. The van der Waals surface area contributed by atoms with Crippen LogP contribution >= 0.6 is 11.6 Å². The number of nitrogens with two attached hydrogens (primary N) is 1. The molecule has 0 aromatic heterocycles. The average molecular weight is 362 g/mol. The van der Waals surface area contributed by atoms with Crippen molar-refractivity contribution in [1.29, 1.82) is 0 Å². The van der Waals surface area contributed by atoms with Crippen LogP contribution in [0.4, 0.5) is 8.78 Å². The standard InChI is InChI=1S/C15H14ClF2NO3S/c1-23(20,21)15-8-14(9(4-5-19)6-12(15)18)22-13-3-2-10(16)7-11(13)17/h2-3,6-8H,4-5,19H2,1H3. The van der Waals surface area contributed by atoms with Gasteiger partial charge in [-0.2, -0.15) is 0 Å². The van der Waals surface area contributed by atoms with E-state index < -0.39 is 26.4 Å². The van der Waals surface area contributed by atoms with Gasteiger partial charge in [0.15, 0.2) is 21.4 Å². The fraction of sp³-hybridized carbons (Fsp3) is 0.200. The maximum Gasteiger partial charge on any atom is 0.178 e. The van der Waals surface area contributed by atoms with Crippen molar-refractivity contribution in [1.82, 2.24) is 0 Å². The summed E-state index contributed by atoms with van der Waals surface area (Å²) in [5.41, 5.74) is 5.80. The molecule has 0 aliphatic carbocycles. The molecule has 0 atom stereocenters. The zero-order valence-electron chi connectivity index (χ0n) is 12.1. The minimum atomic E-state index is -3.80. The lowest BCUT2D eigenvalue weighted by Gasteiger charge is -2.13. The monoisotopic (exact) mass is 361 g/mol. The Morgan fingerprint density at radius 1 is 1.13 bits per heavy atom. The minimum Gasteiger partial charge on any atom is -0.454 e. The number of ether oxygens (including phenoxy) is 1. The molecule has 0 saturated carbocycles. The van der Waals surface area contributed by atoms with E-state index >= 15 is 0 Å². The normalized spacial score (nSPS) is 11.5. The van der Waals surface area contributed by atoms with Crippen LogP contribution in [0.2, 0.25) is 5.02 Å². The topological polar surface area (TPSA) is 69.4 Å². The van der Waals surface area contributed by atoms with E-state index in [1.165, 1.54) is 12.1 Å². The molecule has 4 nitrogen and oxygen atoms in total. The average Bonchev–Trinajstić information content (AvgIpc) is 2.43. The Morgan fingerprint density at radius 2 is 1.83 bits per heavy atom. The highest BCUT2D eigenvalue weighted by Gasteiger charge is 2.19. The van der Waals surface area contributed by atoms with Crippen LogP contribution in [0, 0.1) is 11.6 Å². The highest BCUT2D eigenvalue weighted by atomic mass is 35.5. The third-order valence-electron chi connectivity index (χ3n) is 3.04. The van der Waals surface area contributed by atoms with E-state index in [-0.39, 0.29) is 29.5 Å². The molecule has 0 heterocycles. The first-order chi connectivity index (χ1) is 10.7. The second kappa shape index (κ2) is 6.82. The Morgan fingerprint density at radius 3 is 2.39 bits per heavy atom. The summed E-state index contributed by atoms with van der Waals surface area (Å²) in [6, 6.07) is 5.84. The lowest BCUT2D eigenvalue weighted by Crippen LogP contribution is -2.08. The van der Waals surface area contributed by atoms with Crippen molar-refractivity contribution >= 4 is 21.4 Å². The van der Waals surface area contributed by atoms with Gasteiger partial charge in [-0.3, -0.25) is 0 Å². The van der Waals surface area contributed by atoms with Gasteiger partial charge in [0.2, 0.25) is 0 Å². The van der Waals surface area contributed by atoms with E-state index in [2.05, 4.69) is 0 Å². The predicted octanol–water partition coefficient (Wildman–Crippen LogP) is 3.32. The number of hydrogen-bond acceptors (Lipinski definition) is 4. The third-order valence-corrected chi connectivity index (χ3v) is 4.39. The van der Waals surface area contributed by atoms with Gasteiger partial charge in [-0.15, -0.1) is 0 Å². The van der Waals surface area contributed by atoms with E-state index in [1.807, 2.05) is 0 Å². The molecule has 0 fully saturated rings. The molecule has 0 aliphatic rings. The Hall–Kier alpha value is -1.70. The van der Waals surface area contributed by atoms with Gasteiger partial charge in [0.1, 0.15) is 16.5 Å². The molecule has 0 radical (unpaired) electrons. The molecule has 0 spiro atoms. The Balaban J connectivity index is 2.54. The molecule has 23 heavy (non-hydrogen) atoms. The van der Waals surface area contributed by atoms with E-state index in [0.29, 0.717) is 5.56 Å². The maximum absolute atomic E-state index is 14.0. The number of benzene rings is 2. The van der Waals surface area contributed by atoms with Gasteiger partial charge in [0, 0.05) is 17.3 Å². The summed E-state index contributed by atoms with van der Waals surface area (Å²) in [6.07, 6.45) is 1.12. The van der Waals surface area contributed by atoms with Gasteiger partial charge in [0.25, 0.3) is 0 Å². The number of hydrogen-bond donors (Lipinski definition) is 1. The van der Waals surface area contributed by atoms with Crippen molar-refractivity contribution in [2.24, 2.45) is 5.73 Å². The van der Waals surface area contributed by atoms with Crippen LogP contribution in [-0.2, 0) is 16.3 Å². The second-order valence-electron chi connectivity index (χ2n) is 4.88. The summed E-state index contributed by atoms with van der Waals surface area (Å²) in [4.78, 5) is -0.525. The molecular formula is C15H14ClF2NO3S. The van der Waals surface area contributed by atoms with Gasteiger partial charge in [-0.25, -0.2) is 17.2 Å². The van der Waals surface area contributed by atoms with E-state index in [1.54, 1.807) is 0 Å². The summed E-state index contributed by atoms with van der Waals surface area (Å²) < 4.78 is 56.5. The fourth-order valence-electron chi connectivity index (χ4n) is 1.98. The van der Waals surface area contributed by atoms with Crippen LogP contribution in [0.15, 0.2) is 35.2 Å². The van der Waals surface area contributed by atoms with E-state index in [0.717, 1.165) is 24.5 Å². The van der Waals surface area contributed by atoms with E-state index in [4.69, 9.17) is 22.1 Å². The first-order valence-corrected chi connectivity index (χ1v) is 8.84. The van der Waals surface area contributed by atoms with Crippen molar-refractivity contribution in [3.8, 4) is 11.5 Å². The first kappa shape index (κ1) is 17.7. The second-order valence-corrected chi connectivity index (χ2v) is 7.30. The molecule has 2 N–H and O–H groups in total. The Kier molecular flexibility index (Phi) is 5.23. The van der Waals surface area contributed by atoms with Gasteiger partial charge in [-0.1, -0.05) is 11.6 Å². The molecule has 8 heteroatoms. The highest BCUT2D eigenvalue weighted by molar-refractivity contribution is 7.90. The largest absolute Gasteiger partial charge is 0.454 e. The van der Waals surface area contributed by atoms with Crippen molar-refractivity contribution < 1.29 is 21.9 Å². The lowest BCUT2D eigenvalue weighted by atomic mass is 10.1. The van der Waals surface area contributed by atoms with Gasteiger partial charge >= 0.3 is 0 Å². The van der Waals surface area contributed by atoms with Crippen molar-refractivity contribution in [2.75, 3.05) is 12.8 Å². The molecule has 124 valence electrons. The van der Waals surface area contributed by atoms with Gasteiger partial charge in [0.05, 0.1) is 0 Å². The highest BCUT2D eigenvalue weighted by Crippen LogP contribution is 2.32. The van der Waals surface area contributed by atoms with Gasteiger partial charge in [-0.05, 0) is 42.8 Å². The zero-order chi connectivity index (χ0) is 17.2. The summed E-state index contributed by atoms with van der Waals surface area (Å²) >= 11 is 5.67. The molecule has 0 unspecified atom stereocenters. The van der Waals surface area contributed by atoms with Crippen molar-refractivity contribution in [2.45, 2.75) is 11.3 Å². The molecule has 0 amide bonds. The minimum absolute atomic E-state index is 0.0264. The predicted molar refractivity (Wildman–Crippen MR) is 83.8 cm³/mol. The van der Waals surface area contributed by atoms with Crippen molar-refractivity contribution in [3.63, 3.8) is 0 Å². The van der Waals surface area contributed by atoms with Crippen LogP contribution in [0.1, 0.15) is 5.56 Å². The van der Waals surface area contributed by atoms with Crippen LogP contribution < -0.4 is 10.5 Å². The Bertz CT molecular complexity index is 841. The third kappa shape index (κ3) is 4.19. The van der Waals surface area contributed by atoms with Crippen LogP contribution in [0.5, 0.6) is 11.5 Å². The SMILES string of the molecule is CS(=O)(=O)c1cc(Oc2ccc(Cl)cc2F)c(CCN)cc1F. The molecule has 2 aromatic rings. The van der Waals surface area contributed by atoms with Crippen molar-refractivity contribution in [3.05, 3.63) is 52.6 Å². The lowest BCUT2D eigenvalue weighted by molar-refractivity contribution is 0.434. The Labute approximate surface area is 137 Å². The summed E-state index contributed by atoms with van der Waals surface area (Å²) in [6.45, 7) is 0.192. The summed E-state index contributed by atoms with van der Waals surface area (Å²) in [7, 11) is -3.80. The number of sulfone groups is 1. The number of halogens is 3. The molecule has 0 saturated heterocycles. The summed E-state index contributed by atoms with van der Waals surface area (Å²) in [5.74, 6) is -1.75. The van der Waals surface area contributed by atoms with Crippen LogP contribution in [0.25, 0.3) is 0 Å². The first-order valence-electron chi connectivity index (χ1n) is 6.58. The van der Waals surface area contributed by atoms with Crippen LogP contribution in [0.3, 0.4) is 0 Å². The number of rotatable bonds is 5. The van der Waals surface area contributed by atoms with Crippen LogP contribution in [-0.4, -0.2) is 21.2 Å². The molecule has 2 aromatic carbocycles. The molecule has 2 rings (SSSR count). The van der Waals surface area contributed by atoms with E-state index in [9.17, 15) is 17.2 Å². The fourth-order valence-corrected chi connectivity index (χ4v) is 2.88.